The van der Waals surface area contributed by atoms with E-state index in [0.29, 0.717) is 27.8 Å². The molecule has 0 saturated carbocycles. The second kappa shape index (κ2) is 8.96. The van der Waals surface area contributed by atoms with E-state index < -0.39 is 11.8 Å². The fourth-order valence-electron chi connectivity index (χ4n) is 2.27. The highest BCUT2D eigenvalue weighted by atomic mass is 35.5. The molecule has 0 bridgehead atoms. The summed E-state index contributed by atoms with van der Waals surface area (Å²) in [6.45, 7) is 0. The number of amides is 2. The van der Waals surface area contributed by atoms with Crippen LogP contribution < -0.4 is 25.1 Å². The lowest BCUT2D eigenvalue weighted by molar-refractivity contribution is -0.121. The fourth-order valence-corrected chi connectivity index (χ4v) is 2.44. The standard InChI is InChI=1S/C18H19ClN2O5/c1-24-14-7-5-12(19)10-13(14)18(23)21-20-17(22)9-11-4-6-15(25-2)16(8-11)26-3/h4-8,10H,9H2,1-3H3,(H,20,22)(H,21,23). The SMILES string of the molecule is COc1ccc(CC(=O)NNC(=O)c2cc(Cl)ccc2OC)cc1OC. The van der Waals surface area contributed by atoms with Gasteiger partial charge in [0, 0.05) is 5.02 Å². The van der Waals surface area contributed by atoms with Crippen molar-refractivity contribution in [3.05, 3.63) is 52.5 Å². The molecule has 0 spiro atoms. The molecule has 0 aliphatic heterocycles. The lowest BCUT2D eigenvalue weighted by atomic mass is 10.1. The molecule has 2 amide bonds. The summed E-state index contributed by atoms with van der Waals surface area (Å²) in [5.74, 6) is 0.501. The number of nitrogens with one attached hydrogen (secondary N) is 2. The van der Waals surface area contributed by atoms with E-state index in [1.165, 1.54) is 27.4 Å². The topological polar surface area (TPSA) is 85.9 Å². The van der Waals surface area contributed by atoms with Gasteiger partial charge in [-0.3, -0.25) is 20.4 Å². The van der Waals surface area contributed by atoms with Gasteiger partial charge in [0.15, 0.2) is 11.5 Å². The number of ether oxygens (including phenoxy) is 3. The van der Waals surface area contributed by atoms with Crippen LogP contribution in [0.5, 0.6) is 17.2 Å². The van der Waals surface area contributed by atoms with Crippen molar-refractivity contribution in [1.82, 2.24) is 10.9 Å². The molecule has 0 aromatic heterocycles. The predicted octanol–water partition coefficient (Wildman–Crippen LogP) is 2.37. The summed E-state index contributed by atoms with van der Waals surface area (Å²) < 4.78 is 15.5. The minimum Gasteiger partial charge on any atom is -0.496 e. The summed E-state index contributed by atoms with van der Waals surface area (Å²) in [4.78, 5) is 24.3. The fraction of sp³-hybridized carbons (Fsp3) is 0.222. The molecule has 0 fully saturated rings. The smallest absolute Gasteiger partial charge is 0.273 e. The van der Waals surface area contributed by atoms with Gasteiger partial charge < -0.3 is 14.2 Å². The molecule has 8 heteroatoms. The second-order valence-electron chi connectivity index (χ2n) is 5.21. The monoisotopic (exact) mass is 378 g/mol. The number of carbonyl (C=O) groups excluding carboxylic acids is 2. The van der Waals surface area contributed by atoms with Gasteiger partial charge >= 0.3 is 0 Å². The summed E-state index contributed by atoms with van der Waals surface area (Å²) in [5.41, 5.74) is 5.61. The normalized spacial score (nSPS) is 10.0. The predicted molar refractivity (Wildman–Crippen MR) is 96.9 cm³/mol. The van der Waals surface area contributed by atoms with Crippen molar-refractivity contribution < 1.29 is 23.8 Å². The molecule has 0 atom stereocenters. The molecule has 0 heterocycles. The highest BCUT2D eigenvalue weighted by Crippen LogP contribution is 2.27. The minimum atomic E-state index is -0.537. The molecule has 0 unspecified atom stereocenters. The van der Waals surface area contributed by atoms with Gasteiger partial charge in [-0.2, -0.15) is 0 Å². The van der Waals surface area contributed by atoms with Crippen LogP contribution >= 0.6 is 11.6 Å². The van der Waals surface area contributed by atoms with Crippen LogP contribution in [0.2, 0.25) is 5.02 Å². The zero-order chi connectivity index (χ0) is 19.1. The van der Waals surface area contributed by atoms with Crippen LogP contribution in [0, 0.1) is 0 Å². The Morgan fingerprint density at radius 2 is 1.54 bits per heavy atom. The largest absolute Gasteiger partial charge is 0.496 e. The average molecular weight is 379 g/mol. The van der Waals surface area contributed by atoms with Crippen molar-refractivity contribution in [2.24, 2.45) is 0 Å². The number of hydrazine groups is 1. The number of methoxy groups -OCH3 is 3. The molecule has 2 N–H and O–H groups in total. The van der Waals surface area contributed by atoms with Gasteiger partial charge in [-0.1, -0.05) is 17.7 Å². The molecule has 7 nitrogen and oxygen atoms in total. The summed E-state index contributed by atoms with van der Waals surface area (Å²) in [7, 11) is 4.49. The molecule has 0 aliphatic rings. The van der Waals surface area contributed by atoms with Crippen molar-refractivity contribution in [3.63, 3.8) is 0 Å². The van der Waals surface area contributed by atoms with Crippen LogP contribution in [-0.4, -0.2) is 33.1 Å². The summed E-state index contributed by atoms with van der Waals surface area (Å²) in [6.07, 6.45) is 0.0489. The van der Waals surface area contributed by atoms with Gasteiger partial charge in [0.05, 0.1) is 33.3 Å². The molecule has 0 aliphatic carbocycles. The third kappa shape index (κ3) is 4.80. The lowest BCUT2D eigenvalue weighted by Gasteiger charge is -2.12. The Morgan fingerprint density at radius 1 is 0.885 bits per heavy atom. The van der Waals surface area contributed by atoms with E-state index in [2.05, 4.69) is 10.9 Å². The molecule has 2 aromatic rings. The van der Waals surface area contributed by atoms with Gasteiger partial charge in [-0.05, 0) is 35.9 Å². The Hall–Kier alpha value is -2.93. The van der Waals surface area contributed by atoms with Crippen LogP contribution in [0.3, 0.4) is 0 Å². The maximum atomic E-state index is 12.2. The van der Waals surface area contributed by atoms with E-state index in [1.807, 2.05) is 0 Å². The average Bonchev–Trinajstić information content (AvgIpc) is 2.65. The maximum absolute atomic E-state index is 12.2. The van der Waals surface area contributed by atoms with Crippen LogP contribution in [-0.2, 0) is 11.2 Å². The number of halogens is 1. The van der Waals surface area contributed by atoms with Crippen LogP contribution in [0.25, 0.3) is 0 Å². The number of rotatable bonds is 6. The van der Waals surface area contributed by atoms with Crippen LogP contribution in [0.1, 0.15) is 15.9 Å². The van der Waals surface area contributed by atoms with Crippen molar-refractivity contribution in [3.8, 4) is 17.2 Å². The first-order valence-electron chi connectivity index (χ1n) is 7.62. The van der Waals surface area contributed by atoms with Gasteiger partial charge in [0.25, 0.3) is 5.91 Å². The molecule has 2 aromatic carbocycles. The van der Waals surface area contributed by atoms with Crippen molar-refractivity contribution in [1.29, 1.82) is 0 Å². The van der Waals surface area contributed by atoms with Crippen molar-refractivity contribution in [2.75, 3.05) is 21.3 Å². The van der Waals surface area contributed by atoms with Gasteiger partial charge in [-0.15, -0.1) is 0 Å². The van der Waals surface area contributed by atoms with E-state index >= 15 is 0 Å². The molecule has 138 valence electrons. The first kappa shape index (κ1) is 19.4. The second-order valence-corrected chi connectivity index (χ2v) is 5.65. The number of hydrogen-bond acceptors (Lipinski definition) is 5. The Balaban J connectivity index is 1.99. The third-order valence-corrected chi connectivity index (χ3v) is 3.77. The van der Waals surface area contributed by atoms with E-state index in [1.54, 1.807) is 30.3 Å². The molecular weight excluding hydrogens is 360 g/mol. The van der Waals surface area contributed by atoms with Crippen LogP contribution in [0.4, 0.5) is 0 Å². The van der Waals surface area contributed by atoms with Crippen molar-refractivity contribution in [2.45, 2.75) is 6.42 Å². The molecule has 0 saturated heterocycles. The summed E-state index contributed by atoms with van der Waals surface area (Å²) in [5, 5.41) is 0.382. The van der Waals surface area contributed by atoms with Crippen molar-refractivity contribution >= 4 is 23.4 Å². The first-order chi connectivity index (χ1) is 12.5. The van der Waals surface area contributed by atoms with E-state index in [4.69, 9.17) is 25.8 Å². The molecule has 0 radical (unpaired) electrons. The van der Waals surface area contributed by atoms with E-state index in [9.17, 15) is 9.59 Å². The highest BCUT2D eigenvalue weighted by Gasteiger charge is 2.14. The first-order valence-corrected chi connectivity index (χ1v) is 8.00. The van der Waals surface area contributed by atoms with E-state index in [-0.39, 0.29) is 12.0 Å². The van der Waals surface area contributed by atoms with Gasteiger partial charge in [0.1, 0.15) is 5.75 Å². The lowest BCUT2D eigenvalue weighted by Crippen LogP contribution is -2.42. The minimum absolute atomic E-state index is 0.0489. The Kier molecular flexibility index (Phi) is 6.68. The Labute approximate surface area is 156 Å². The molecular formula is C18H19ClN2O5. The number of benzene rings is 2. The highest BCUT2D eigenvalue weighted by molar-refractivity contribution is 6.31. The molecule has 2 rings (SSSR count). The quantitative estimate of drug-likeness (QED) is 0.754. The number of carbonyl (C=O) groups is 2. The van der Waals surface area contributed by atoms with Crippen LogP contribution in [0.15, 0.2) is 36.4 Å². The summed E-state index contributed by atoms with van der Waals surface area (Å²) in [6, 6.07) is 9.77. The zero-order valence-corrected chi connectivity index (χ0v) is 15.3. The van der Waals surface area contributed by atoms with Gasteiger partial charge in [0.2, 0.25) is 5.91 Å². The summed E-state index contributed by atoms with van der Waals surface area (Å²) >= 11 is 5.90. The van der Waals surface area contributed by atoms with Gasteiger partial charge in [-0.25, -0.2) is 0 Å². The zero-order valence-electron chi connectivity index (χ0n) is 14.6. The third-order valence-electron chi connectivity index (χ3n) is 3.53. The number of hydrogen-bond donors (Lipinski definition) is 2. The Morgan fingerprint density at radius 3 is 2.19 bits per heavy atom. The Bertz CT molecular complexity index is 810. The maximum Gasteiger partial charge on any atom is 0.273 e. The van der Waals surface area contributed by atoms with E-state index in [0.717, 1.165) is 0 Å². The molecule has 26 heavy (non-hydrogen) atoms.